The number of fused-ring (bicyclic) bond motifs is 1. The Morgan fingerprint density at radius 2 is 2.27 bits per heavy atom. The lowest BCUT2D eigenvalue weighted by Gasteiger charge is -2.20. The van der Waals surface area contributed by atoms with E-state index in [1.54, 1.807) is 5.51 Å². The van der Waals surface area contributed by atoms with E-state index in [0.29, 0.717) is 11.6 Å². The molecule has 1 aromatic heterocycles. The van der Waals surface area contributed by atoms with Gasteiger partial charge in [0.05, 0.1) is 6.04 Å². The first-order valence-corrected chi connectivity index (χ1v) is 7.76. The molecule has 0 saturated heterocycles. The van der Waals surface area contributed by atoms with Crippen LogP contribution >= 0.6 is 11.3 Å². The van der Waals surface area contributed by atoms with Crippen molar-refractivity contribution in [1.82, 2.24) is 15.5 Å². The average Bonchev–Trinajstić information content (AvgIpc) is 2.99. The largest absolute Gasteiger partial charge is 0.331 e. The van der Waals surface area contributed by atoms with Gasteiger partial charge in [0.15, 0.2) is 0 Å². The van der Waals surface area contributed by atoms with Gasteiger partial charge < -0.3 is 10.6 Å². The highest BCUT2D eigenvalue weighted by molar-refractivity contribution is 7.13. The van der Waals surface area contributed by atoms with Crippen molar-refractivity contribution >= 4 is 34.1 Å². The quantitative estimate of drug-likeness (QED) is 0.809. The topological polar surface area (TPSA) is 96.0 Å². The van der Waals surface area contributed by atoms with Crippen LogP contribution in [0.1, 0.15) is 30.5 Å². The van der Waals surface area contributed by atoms with E-state index in [9.17, 15) is 9.59 Å². The van der Waals surface area contributed by atoms with Crippen LogP contribution < -0.4 is 16.0 Å². The number of aromatic nitrogens is 2. The summed E-state index contributed by atoms with van der Waals surface area (Å²) in [5.74, 6) is 0.0443. The number of hydrogen-bond acceptors (Lipinski definition) is 5. The maximum absolute atomic E-state index is 11.9. The van der Waals surface area contributed by atoms with E-state index in [1.165, 1.54) is 11.3 Å². The van der Waals surface area contributed by atoms with E-state index in [-0.39, 0.29) is 18.0 Å². The van der Waals surface area contributed by atoms with Gasteiger partial charge in [-0.25, -0.2) is 4.79 Å². The fourth-order valence-corrected chi connectivity index (χ4v) is 2.75. The molecule has 1 unspecified atom stereocenters. The molecule has 0 bridgehead atoms. The summed E-state index contributed by atoms with van der Waals surface area (Å²) < 4.78 is 0. The molecule has 22 heavy (non-hydrogen) atoms. The minimum absolute atomic E-state index is 0.0443. The first-order chi connectivity index (χ1) is 10.6. The number of aryl methyl sites for hydroxylation is 1. The number of urea groups is 1. The van der Waals surface area contributed by atoms with Gasteiger partial charge >= 0.3 is 6.03 Å². The molecule has 0 aliphatic carbocycles. The highest BCUT2D eigenvalue weighted by Crippen LogP contribution is 2.26. The third-order valence-corrected chi connectivity index (χ3v) is 4.06. The van der Waals surface area contributed by atoms with Crippen LogP contribution in [0.3, 0.4) is 0 Å². The zero-order chi connectivity index (χ0) is 15.5. The second kappa shape index (κ2) is 6.10. The minimum Gasteiger partial charge on any atom is -0.331 e. The van der Waals surface area contributed by atoms with Crippen molar-refractivity contribution in [3.63, 3.8) is 0 Å². The molecule has 0 fully saturated rings. The lowest BCUT2D eigenvalue weighted by Crippen LogP contribution is -2.31. The summed E-state index contributed by atoms with van der Waals surface area (Å²) in [6, 6.07) is 5.32. The third-order valence-electron chi connectivity index (χ3n) is 3.45. The lowest BCUT2D eigenvalue weighted by atomic mass is 9.98. The van der Waals surface area contributed by atoms with Gasteiger partial charge in [0.2, 0.25) is 11.0 Å². The van der Waals surface area contributed by atoms with Gasteiger partial charge in [-0.15, -0.1) is 10.2 Å². The number of nitrogens with one attached hydrogen (secondary N) is 3. The third kappa shape index (κ3) is 3.22. The summed E-state index contributed by atoms with van der Waals surface area (Å²) in [4.78, 5) is 23.2. The molecule has 8 heteroatoms. The van der Waals surface area contributed by atoms with Crippen molar-refractivity contribution in [2.24, 2.45) is 0 Å². The number of benzene rings is 1. The Morgan fingerprint density at radius 3 is 3.05 bits per heavy atom. The fourth-order valence-electron chi connectivity index (χ4n) is 2.31. The molecule has 1 aliphatic heterocycles. The number of carbonyl (C=O) groups excluding carboxylic acids is 2. The second-order valence-electron chi connectivity index (χ2n) is 5.03. The van der Waals surface area contributed by atoms with Crippen LogP contribution in [-0.2, 0) is 11.2 Å². The van der Waals surface area contributed by atoms with Crippen LogP contribution in [0.2, 0.25) is 0 Å². The fraction of sp³-hybridized carbons (Fsp3) is 0.286. The summed E-state index contributed by atoms with van der Waals surface area (Å²) in [5.41, 5.74) is 4.49. The summed E-state index contributed by atoms with van der Waals surface area (Å²) in [6.45, 7) is 1.91. The number of hydrogen-bond donors (Lipinski definition) is 3. The summed E-state index contributed by atoms with van der Waals surface area (Å²) >= 11 is 1.26. The molecule has 1 aromatic carbocycles. The molecule has 3 N–H and O–H groups in total. The number of rotatable bonds is 3. The van der Waals surface area contributed by atoms with Gasteiger partial charge in [-0.1, -0.05) is 23.5 Å². The molecule has 3 amide bonds. The zero-order valence-corrected chi connectivity index (χ0v) is 12.7. The molecule has 1 atom stereocenters. The molecule has 0 radical (unpaired) electrons. The molecule has 2 aromatic rings. The molecule has 1 aliphatic rings. The standard InChI is InChI=1S/C14H15N5O2S/c1-8(16-13(21)18-14-19-15-7-22-14)9-2-4-11-10(6-9)3-5-12(20)17-11/h2,4,6-8H,3,5H2,1H3,(H,17,20)(H2,16,18,19,21). The Hall–Kier alpha value is -2.48. The molecular weight excluding hydrogens is 302 g/mol. The first-order valence-electron chi connectivity index (χ1n) is 6.88. The predicted molar refractivity (Wildman–Crippen MR) is 83.9 cm³/mol. The van der Waals surface area contributed by atoms with Gasteiger partial charge in [0.25, 0.3) is 0 Å². The Kier molecular flexibility index (Phi) is 4.01. The predicted octanol–water partition coefficient (Wildman–Crippen LogP) is 2.31. The van der Waals surface area contributed by atoms with E-state index in [0.717, 1.165) is 23.2 Å². The Balaban J connectivity index is 1.66. The maximum Gasteiger partial charge on any atom is 0.321 e. The molecular formula is C14H15N5O2S. The highest BCUT2D eigenvalue weighted by atomic mass is 32.1. The van der Waals surface area contributed by atoms with Crippen LogP contribution in [-0.4, -0.2) is 22.1 Å². The van der Waals surface area contributed by atoms with Gasteiger partial charge in [-0.2, -0.15) is 0 Å². The van der Waals surface area contributed by atoms with Gasteiger partial charge in [0, 0.05) is 12.1 Å². The maximum atomic E-state index is 11.9. The number of carbonyl (C=O) groups is 2. The summed E-state index contributed by atoms with van der Waals surface area (Å²) in [7, 11) is 0. The minimum atomic E-state index is -0.324. The van der Waals surface area contributed by atoms with E-state index in [1.807, 2.05) is 25.1 Å². The monoisotopic (exact) mass is 317 g/mol. The summed E-state index contributed by atoms with van der Waals surface area (Å²) in [6.07, 6.45) is 1.22. The first kappa shape index (κ1) is 14.5. The van der Waals surface area contributed by atoms with E-state index in [4.69, 9.17) is 0 Å². The van der Waals surface area contributed by atoms with Crippen LogP contribution in [0.4, 0.5) is 15.6 Å². The number of nitrogens with zero attached hydrogens (tertiary/aromatic N) is 2. The smallest absolute Gasteiger partial charge is 0.321 e. The molecule has 3 rings (SSSR count). The molecule has 0 spiro atoms. The average molecular weight is 317 g/mol. The number of amides is 3. The highest BCUT2D eigenvalue weighted by Gasteiger charge is 2.17. The van der Waals surface area contributed by atoms with Crippen LogP contribution in [0, 0.1) is 0 Å². The van der Waals surface area contributed by atoms with Crippen molar-refractivity contribution in [3.8, 4) is 0 Å². The normalized spacial score (nSPS) is 14.7. The van der Waals surface area contributed by atoms with Gasteiger partial charge in [-0.05, 0) is 30.5 Å². The Morgan fingerprint density at radius 1 is 1.41 bits per heavy atom. The SMILES string of the molecule is CC(NC(=O)Nc1nncs1)c1ccc2c(c1)CCC(=O)N2. The van der Waals surface area contributed by atoms with Crippen molar-refractivity contribution in [3.05, 3.63) is 34.8 Å². The van der Waals surface area contributed by atoms with Crippen molar-refractivity contribution < 1.29 is 9.59 Å². The van der Waals surface area contributed by atoms with E-state index >= 15 is 0 Å². The van der Waals surface area contributed by atoms with Gasteiger partial charge in [-0.3, -0.25) is 10.1 Å². The molecule has 114 valence electrons. The Labute approximate surface area is 131 Å². The Bertz CT molecular complexity index is 701. The van der Waals surface area contributed by atoms with E-state index < -0.39 is 0 Å². The van der Waals surface area contributed by atoms with Crippen molar-refractivity contribution in [2.45, 2.75) is 25.8 Å². The second-order valence-corrected chi connectivity index (χ2v) is 5.86. The van der Waals surface area contributed by atoms with Gasteiger partial charge in [0.1, 0.15) is 5.51 Å². The van der Waals surface area contributed by atoms with Crippen LogP contribution in [0.15, 0.2) is 23.7 Å². The van der Waals surface area contributed by atoms with Crippen molar-refractivity contribution in [2.75, 3.05) is 10.6 Å². The zero-order valence-electron chi connectivity index (χ0n) is 11.9. The van der Waals surface area contributed by atoms with E-state index in [2.05, 4.69) is 26.1 Å². The molecule has 2 heterocycles. The van der Waals surface area contributed by atoms with Crippen LogP contribution in [0.25, 0.3) is 0 Å². The molecule has 0 saturated carbocycles. The number of anilines is 2. The molecule has 7 nitrogen and oxygen atoms in total. The van der Waals surface area contributed by atoms with Crippen molar-refractivity contribution in [1.29, 1.82) is 0 Å². The summed E-state index contributed by atoms with van der Waals surface area (Å²) in [5, 5.41) is 16.2. The van der Waals surface area contributed by atoms with Crippen LogP contribution in [0.5, 0.6) is 0 Å². The lowest BCUT2D eigenvalue weighted by molar-refractivity contribution is -0.116.